The molecule has 0 saturated carbocycles. The van der Waals surface area contributed by atoms with E-state index < -0.39 is 11.7 Å². The number of aromatic nitrogens is 1. The number of carbonyl (C=O) groups excluding carboxylic acids is 1. The first-order valence-electron chi connectivity index (χ1n) is 10.0. The van der Waals surface area contributed by atoms with Gasteiger partial charge in [0.25, 0.3) is 0 Å². The Morgan fingerprint density at radius 2 is 1.90 bits per heavy atom. The van der Waals surface area contributed by atoms with Crippen molar-refractivity contribution in [3.63, 3.8) is 0 Å². The van der Waals surface area contributed by atoms with Gasteiger partial charge >= 0.3 is 6.09 Å². The van der Waals surface area contributed by atoms with E-state index in [1.54, 1.807) is 26.6 Å². The topological polar surface area (TPSA) is 69.7 Å². The molecule has 1 aromatic carbocycles. The van der Waals surface area contributed by atoms with Gasteiger partial charge in [0.1, 0.15) is 5.60 Å². The van der Waals surface area contributed by atoms with E-state index in [4.69, 9.17) is 25.8 Å². The number of hydrogen-bond acceptors (Lipinski definition) is 5. The van der Waals surface area contributed by atoms with Crippen LogP contribution < -0.4 is 14.8 Å². The average Bonchev–Trinajstić information content (AvgIpc) is 2.71. The molecule has 0 aliphatic heterocycles. The third kappa shape index (κ3) is 4.81. The van der Waals surface area contributed by atoms with Crippen molar-refractivity contribution in [1.29, 1.82) is 0 Å². The second-order valence-corrected chi connectivity index (χ2v) is 8.65. The largest absolute Gasteiger partial charge is 0.493 e. The molecule has 0 unspecified atom stereocenters. The van der Waals surface area contributed by atoms with Crippen LogP contribution in [0.5, 0.6) is 11.5 Å². The van der Waals surface area contributed by atoms with Crippen LogP contribution >= 0.6 is 11.6 Å². The third-order valence-electron chi connectivity index (χ3n) is 5.23. The van der Waals surface area contributed by atoms with E-state index in [0.29, 0.717) is 17.4 Å². The molecule has 2 aromatic rings. The van der Waals surface area contributed by atoms with Crippen LogP contribution in [0.15, 0.2) is 30.6 Å². The van der Waals surface area contributed by atoms with Gasteiger partial charge in [-0.3, -0.25) is 4.98 Å². The minimum Gasteiger partial charge on any atom is -0.493 e. The standard InChI is InChI=1S/C23H29ClN2O4/c1-23(2,3)30-22(27)26-18-7-6-14-10-19(28-4)20(29-5)11-17(14)21(18)16-8-9-25-13-15(16)12-24/h8-11,13,18,21H,6-7,12H2,1-5H3,(H,26,27)/t18-,21-/m1/s1. The van der Waals surface area contributed by atoms with Gasteiger partial charge in [-0.15, -0.1) is 11.6 Å². The molecule has 1 amide bonds. The highest BCUT2D eigenvalue weighted by atomic mass is 35.5. The first-order chi connectivity index (χ1) is 14.3. The zero-order chi connectivity index (χ0) is 21.9. The predicted octanol–water partition coefficient (Wildman–Crippen LogP) is 4.81. The van der Waals surface area contributed by atoms with E-state index in [1.807, 2.05) is 39.0 Å². The summed E-state index contributed by atoms with van der Waals surface area (Å²) in [6.45, 7) is 5.56. The molecule has 3 rings (SSSR count). The fraction of sp³-hybridized carbons (Fsp3) is 0.478. The average molecular weight is 433 g/mol. The monoisotopic (exact) mass is 432 g/mol. The lowest BCUT2D eigenvalue weighted by atomic mass is 9.74. The minimum atomic E-state index is -0.569. The van der Waals surface area contributed by atoms with Gasteiger partial charge in [0, 0.05) is 30.2 Å². The molecule has 1 N–H and O–H groups in total. The number of carbonyl (C=O) groups is 1. The first kappa shape index (κ1) is 22.2. The van der Waals surface area contributed by atoms with Gasteiger partial charge in [-0.1, -0.05) is 0 Å². The summed E-state index contributed by atoms with van der Waals surface area (Å²) in [4.78, 5) is 16.8. The van der Waals surface area contributed by atoms with Gasteiger partial charge in [-0.25, -0.2) is 4.79 Å². The molecule has 0 spiro atoms. The molecule has 162 valence electrons. The number of halogens is 1. The van der Waals surface area contributed by atoms with Gasteiger partial charge in [0.2, 0.25) is 0 Å². The molecule has 1 aliphatic carbocycles. The predicted molar refractivity (Wildman–Crippen MR) is 117 cm³/mol. The Kier molecular flexibility index (Phi) is 6.76. The normalized spacial score (nSPS) is 18.3. The number of alkyl carbamates (subject to hydrolysis) is 1. The highest BCUT2D eigenvalue weighted by Crippen LogP contribution is 2.43. The van der Waals surface area contributed by atoms with Crippen LogP contribution in [0.4, 0.5) is 4.79 Å². The van der Waals surface area contributed by atoms with Crippen molar-refractivity contribution in [1.82, 2.24) is 10.3 Å². The maximum Gasteiger partial charge on any atom is 0.407 e. The molecular weight excluding hydrogens is 404 g/mol. The molecule has 30 heavy (non-hydrogen) atoms. The van der Waals surface area contributed by atoms with Crippen molar-refractivity contribution in [2.75, 3.05) is 14.2 Å². The van der Waals surface area contributed by atoms with Gasteiger partial charge in [-0.05, 0) is 74.1 Å². The van der Waals surface area contributed by atoms with Crippen LogP contribution in [0.3, 0.4) is 0 Å². The Morgan fingerprint density at radius 1 is 1.20 bits per heavy atom. The molecule has 0 fully saturated rings. The SMILES string of the molecule is COc1cc2c(cc1OC)[C@@H](c1ccncc1CCl)[C@H](NC(=O)OC(C)(C)C)CC2. The first-order valence-corrected chi connectivity index (χ1v) is 10.5. The molecule has 0 radical (unpaired) electrons. The number of methoxy groups -OCH3 is 2. The fourth-order valence-corrected chi connectivity index (χ4v) is 4.21. The number of hydrogen-bond donors (Lipinski definition) is 1. The number of benzene rings is 1. The van der Waals surface area contributed by atoms with Crippen molar-refractivity contribution in [2.45, 2.75) is 57.1 Å². The number of fused-ring (bicyclic) bond motifs is 1. The van der Waals surface area contributed by atoms with Gasteiger partial charge in [0.05, 0.1) is 14.2 Å². The molecular formula is C23H29ClN2O4. The Balaban J connectivity index is 2.08. The number of nitrogens with one attached hydrogen (secondary N) is 1. The lowest BCUT2D eigenvalue weighted by molar-refractivity contribution is 0.0495. The van der Waals surface area contributed by atoms with Crippen LogP contribution in [-0.4, -0.2) is 36.9 Å². The van der Waals surface area contributed by atoms with Crippen molar-refractivity contribution >= 4 is 17.7 Å². The molecule has 6 nitrogen and oxygen atoms in total. The van der Waals surface area contributed by atoms with Crippen LogP contribution in [0.25, 0.3) is 0 Å². The van der Waals surface area contributed by atoms with Gasteiger partial charge in [-0.2, -0.15) is 0 Å². The number of ether oxygens (including phenoxy) is 3. The van der Waals surface area contributed by atoms with E-state index in [-0.39, 0.29) is 12.0 Å². The second kappa shape index (κ2) is 9.13. The summed E-state index contributed by atoms with van der Waals surface area (Å²) in [6.07, 6.45) is 4.67. The Bertz CT molecular complexity index is 911. The highest BCUT2D eigenvalue weighted by molar-refractivity contribution is 6.17. The molecule has 1 aliphatic rings. The maximum atomic E-state index is 12.6. The zero-order valence-corrected chi connectivity index (χ0v) is 18.9. The number of pyridine rings is 1. The van der Waals surface area contributed by atoms with E-state index >= 15 is 0 Å². The lowest BCUT2D eigenvalue weighted by Gasteiger charge is -2.36. The molecule has 1 heterocycles. The summed E-state index contributed by atoms with van der Waals surface area (Å²) < 4.78 is 16.6. The summed E-state index contributed by atoms with van der Waals surface area (Å²) >= 11 is 6.23. The molecule has 0 saturated heterocycles. The number of nitrogens with zero attached hydrogens (tertiary/aromatic N) is 1. The van der Waals surface area contributed by atoms with Crippen molar-refractivity contribution in [2.24, 2.45) is 0 Å². The van der Waals surface area contributed by atoms with Gasteiger partial charge < -0.3 is 19.5 Å². The van der Waals surface area contributed by atoms with Gasteiger partial charge in [0.15, 0.2) is 11.5 Å². The summed E-state index contributed by atoms with van der Waals surface area (Å²) in [5.74, 6) is 1.57. The molecule has 7 heteroatoms. The van der Waals surface area contributed by atoms with Crippen LogP contribution in [0.1, 0.15) is 55.4 Å². The highest BCUT2D eigenvalue weighted by Gasteiger charge is 2.35. The van der Waals surface area contributed by atoms with E-state index in [9.17, 15) is 4.79 Å². The maximum absolute atomic E-state index is 12.6. The van der Waals surface area contributed by atoms with Crippen molar-refractivity contribution in [3.05, 3.63) is 52.8 Å². The second-order valence-electron chi connectivity index (χ2n) is 8.38. The molecule has 2 atom stereocenters. The molecule has 0 bridgehead atoms. The van der Waals surface area contributed by atoms with E-state index in [2.05, 4.69) is 10.3 Å². The Labute approximate surface area is 182 Å². The Morgan fingerprint density at radius 3 is 2.53 bits per heavy atom. The quantitative estimate of drug-likeness (QED) is 0.686. The fourth-order valence-electron chi connectivity index (χ4n) is 3.99. The van der Waals surface area contributed by atoms with E-state index in [1.165, 1.54) is 0 Å². The van der Waals surface area contributed by atoms with Crippen molar-refractivity contribution < 1.29 is 19.0 Å². The smallest absolute Gasteiger partial charge is 0.407 e. The number of rotatable bonds is 5. The Hall–Kier alpha value is -2.47. The number of aryl methyl sites for hydroxylation is 1. The minimum absolute atomic E-state index is 0.113. The van der Waals surface area contributed by atoms with E-state index in [0.717, 1.165) is 35.1 Å². The summed E-state index contributed by atoms with van der Waals surface area (Å²) in [5.41, 5.74) is 3.65. The van der Waals surface area contributed by atoms with Crippen LogP contribution in [0.2, 0.25) is 0 Å². The van der Waals surface area contributed by atoms with Crippen molar-refractivity contribution in [3.8, 4) is 11.5 Å². The number of amides is 1. The molecule has 1 aromatic heterocycles. The summed E-state index contributed by atoms with van der Waals surface area (Å²) in [5, 5.41) is 3.09. The summed E-state index contributed by atoms with van der Waals surface area (Å²) in [6, 6.07) is 5.83. The third-order valence-corrected chi connectivity index (χ3v) is 5.52. The zero-order valence-electron chi connectivity index (χ0n) is 18.1. The number of alkyl halides is 1. The lowest BCUT2D eigenvalue weighted by Crippen LogP contribution is -2.44. The van der Waals surface area contributed by atoms with Crippen LogP contribution in [-0.2, 0) is 17.0 Å². The summed E-state index contributed by atoms with van der Waals surface area (Å²) in [7, 11) is 3.25. The van der Waals surface area contributed by atoms with Crippen LogP contribution in [0, 0.1) is 0 Å².